The van der Waals surface area contributed by atoms with Crippen molar-refractivity contribution in [2.45, 2.75) is 33.2 Å². The van der Waals surface area contributed by atoms with E-state index in [-0.39, 0.29) is 17.4 Å². The number of benzene rings is 1. The largest absolute Gasteiger partial charge is 0.509 e. The third-order valence-corrected chi connectivity index (χ3v) is 4.83. The number of hydrogen-bond donors (Lipinski definition) is 2. The zero-order valence-corrected chi connectivity index (χ0v) is 14.5. The molecule has 1 fully saturated rings. The number of aliphatic hydroxyl groups is 1. The van der Waals surface area contributed by atoms with Gasteiger partial charge in [0.05, 0.1) is 17.1 Å². The second-order valence-corrected chi connectivity index (χ2v) is 7.05. The highest BCUT2D eigenvalue weighted by molar-refractivity contribution is 5.82. The summed E-state index contributed by atoms with van der Waals surface area (Å²) in [6, 6.07) is 9.55. The number of imidazole rings is 1. The average Bonchev–Trinajstić information content (AvgIpc) is 2.97. The Morgan fingerprint density at radius 3 is 2.62 bits per heavy atom. The first-order valence-corrected chi connectivity index (χ1v) is 8.52. The van der Waals surface area contributed by atoms with Crippen LogP contribution in [0.25, 0.3) is 16.6 Å². The summed E-state index contributed by atoms with van der Waals surface area (Å²) < 4.78 is 0. The van der Waals surface area contributed by atoms with Gasteiger partial charge in [0.2, 0.25) is 0 Å². The molecule has 2 aromatic rings. The average molecular weight is 324 g/mol. The van der Waals surface area contributed by atoms with E-state index in [1.165, 1.54) is 6.42 Å². The molecule has 0 bridgehead atoms. The number of hydrogen-bond acceptors (Lipinski definition) is 4. The number of H-pyrrole nitrogens is 1. The van der Waals surface area contributed by atoms with Crippen molar-refractivity contribution in [2.24, 2.45) is 11.8 Å². The van der Waals surface area contributed by atoms with Crippen LogP contribution in [0.5, 0.6) is 0 Å². The van der Waals surface area contributed by atoms with Gasteiger partial charge in [0, 0.05) is 13.1 Å². The Bertz CT molecular complexity index is 758. The first-order chi connectivity index (χ1) is 11.5. The molecule has 5 nitrogen and oxygen atoms in total. The quantitative estimate of drug-likeness (QED) is 0.666. The van der Waals surface area contributed by atoms with Crippen molar-refractivity contribution < 1.29 is 5.11 Å². The monoisotopic (exact) mass is 324 g/mol. The number of nitrogens with one attached hydrogen (secondary N) is 1. The number of rotatable bonds is 3. The summed E-state index contributed by atoms with van der Waals surface area (Å²) in [5, 5.41) is 20.3. The maximum atomic E-state index is 10.7. The zero-order valence-electron chi connectivity index (χ0n) is 14.5. The van der Waals surface area contributed by atoms with Gasteiger partial charge in [-0.2, -0.15) is 5.26 Å². The number of allylic oxidation sites excluding steroid dienone is 1. The molecule has 5 heteroatoms. The van der Waals surface area contributed by atoms with E-state index >= 15 is 0 Å². The lowest BCUT2D eigenvalue weighted by atomic mass is 9.90. The highest BCUT2D eigenvalue weighted by atomic mass is 16.3. The minimum absolute atomic E-state index is 0.0952. The molecule has 0 aliphatic carbocycles. The Hall–Kier alpha value is -2.32. The van der Waals surface area contributed by atoms with Crippen LogP contribution < -0.4 is 0 Å². The molecule has 2 heterocycles. The molecule has 2 N–H and O–H groups in total. The molecule has 0 amide bonds. The van der Waals surface area contributed by atoms with Crippen molar-refractivity contribution in [1.82, 2.24) is 14.9 Å². The van der Waals surface area contributed by atoms with Gasteiger partial charge in [0.25, 0.3) is 0 Å². The van der Waals surface area contributed by atoms with Crippen LogP contribution in [0.2, 0.25) is 0 Å². The Morgan fingerprint density at radius 1 is 1.33 bits per heavy atom. The van der Waals surface area contributed by atoms with Crippen molar-refractivity contribution in [1.29, 1.82) is 5.26 Å². The maximum absolute atomic E-state index is 10.7. The molecule has 0 unspecified atom stereocenters. The predicted molar refractivity (Wildman–Crippen MR) is 95.2 cm³/mol. The van der Waals surface area contributed by atoms with Crippen molar-refractivity contribution in [3.05, 3.63) is 35.8 Å². The molecule has 3 rings (SSSR count). The molecule has 3 atom stereocenters. The Morgan fingerprint density at radius 2 is 2.00 bits per heavy atom. The number of likely N-dealkylation sites (tertiary alicyclic amines) is 1. The van der Waals surface area contributed by atoms with E-state index < -0.39 is 0 Å². The Labute approximate surface area is 142 Å². The summed E-state index contributed by atoms with van der Waals surface area (Å²) in [5.74, 6) is 1.72. The molecule has 24 heavy (non-hydrogen) atoms. The normalized spacial score (nSPS) is 24.4. The molecule has 0 saturated carbocycles. The fourth-order valence-corrected chi connectivity index (χ4v) is 3.71. The van der Waals surface area contributed by atoms with Gasteiger partial charge < -0.3 is 10.1 Å². The van der Waals surface area contributed by atoms with Gasteiger partial charge in [-0.3, -0.25) is 4.90 Å². The second kappa shape index (κ2) is 6.66. The lowest BCUT2D eigenvalue weighted by Crippen LogP contribution is -2.44. The van der Waals surface area contributed by atoms with E-state index in [1.54, 1.807) is 0 Å². The topological polar surface area (TPSA) is 75.9 Å². The highest BCUT2D eigenvalue weighted by Crippen LogP contribution is 2.27. The molecule has 1 aromatic heterocycles. The van der Waals surface area contributed by atoms with Crippen LogP contribution in [0.15, 0.2) is 30.0 Å². The minimum Gasteiger partial charge on any atom is -0.509 e. The van der Waals surface area contributed by atoms with Crippen LogP contribution in [-0.2, 0) is 0 Å². The van der Waals surface area contributed by atoms with Gasteiger partial charge in [0.15, 0.2) is 5.82 Å². The lowest BCUT2D eigenvalue weighted by molar-refractivity contribution is 0.0983. The molecule has 1 saturated heterocycles. The first-order valence-electron chi connectivity index (χ1n) is 8.52. The van der Waals surface area contributed by atoms with Gasteiger partial charge in [-0.05, 0) is 37.3 Å². The predicted octanol–water partition coefficient (Wildman–Crippen LogP) is 3.72. The standard InChI is InChI=1S/C19H24N4O/c1-12-8-13(2)11-23(10-12)14(3)18(24)15(9-20)19-21-16-6-4-5-7-17(16)22-19/h4-7,12-14,24H,8,10-11H2,1-3H3,(H,21,22)/b18-15-/t12-,13-,14-/m0/s1. The molecular formula is C19H24N4O. The van der Waals surface area contributed by atoms with Gasteiger partial charge >= 0.3 is 0 Å². The van der Waals surface area contributed by atoms with Crippen LogP contribution in [0.3, 0.4) is 0 Å². The lowest BCUT2D eigenvalue weighted by Gasteiger charge is -2.38. The molecule has 1 aromatic carbocycles. The van der Waals surface area contributed by atoms with E-state index in [0.29, 0.717) is 17.7 Å². The summed E-state index contributed by atoms with van der Waals surface area (Å²) in [7, 11) is 0. The van der Waals surface area contributed by atoms with Crippen molar-refractivity contribution in [3.8, 4) is 6.07 Å². The fourth-order valence-electron chi connectivity index (χ4n) is 3.71. The van der Waals surface area contributed by atoms with Crippen LogP contribution in [0, 0.1) is 23.2 Å². The highest BCUT2D eigenvalue weighted by Gasteiger charge is 2.29. The fraction of sp³-hybridized carbons (Fsp3) is 0.474. The van der Waals surface area contributed by atoms with Gasteiger partial charge in [-0.25, -0.2) is 4.98 Å². The number of aromatic nitrogens is 2. The van der Waals surface area contributed by atoms with E-state index in [2.05, 4.69) is 34.8 Å². The second-order valence-electron chi connectivity index (χ2n) is 7.05. The number of nitrogens with zero attached hydrogens (tertiary/aromatic N) is 3. The van der Waals surface area contributed by atoms with Crippen LogP contribution >= 0.6 is 0 Å². The van der Waals surface area contributed by atoms with E-state index in [4.69, 9.17) is 0 Å². The molecule has 1 aliphatic rings. The number of aliphatic hydroxyl groups excluding tert-OH is 1. The van der Waals surface area contributed by atoms with Crippen LogP contribution in [0.4, 0.5) is 0 Å². The summed E-state index contributed by atoms with van der Waals surface area (Å²) >= 11 is 0. The van der Waals surface area contributed by atoms with Gasteiger partial charge in [0.1, 0.15) is 17.4 Å². The van der Waals surface area contributed by atoms with Gasteiger partial charge in [-0.15, -0.1) is 0 Å². The molecule has 126 valence electrons. The summed E-state index contributed by atoms with van der Waals surface area (Å²) in [6.07, 6.45) is 1.21. The van der Waals surface area contributed by atoms with Crippen LogP contribution in [0.1, 0.15) is 33.0 Å². The smallest absolute Gasteiger partial charge is 0.152 e. The summed E-state index contributed by atoms with van der Waals surface area (Å²) in [4.78, 5) is 9.84. The van der Waals surface area contributed by atoms with E-state index in [1.807, 2.05) is 31.2 Å². The van der Waals surface area contributed by atoms with Crippen molar-refractivity contribution in [2.75, 3.05) is 13.1 Å². The van der Waals surface area contributed by atoms with E-state index in [9.17, 15) is 10.4 Å². The Balaban J connectivity index is 1.93. The Kier molecular flexibility index (Phi) is 4.59. The molecule has 0 radical (unpaired) electrons. The first kappa shape index (κ1) is 16.5. The number of nitriles is 1. The minimum atomic E-state index is -0.196. The number of aromatic amines is 1. The molecule has 1 aliphatic heterocycles. The summed E-state index contributed by atoms with van der Waals surface area (Å²) in [6.45, 7) is 8.31. The molecule has 0 spiro atoms. The SMILES string of the molecule is C[C@H]1C[C@H](C)CN([C@@H](C)/C(O)=C(\C#N)c2nc3ccccc3[nH]2)C1. The number of fused-ring (bicyclic) bond motifs is 1. The van der Waals surface area contributed by atoms with Crippen molar-refractivity contribution >= 4 is 16.6 Å². The third kappa shape index (κ3) is 3.15. The number of para-hydroxylation sites is 2. The molecular weight excluding hydrogens is 300 g/mol. The summed E-state index contributed by atoms with van der Waals surface area (Å²) in [5.41, 5.74) is 1.88. The zero-order chi connectivity index (χ0) is 17.3. The van der Waals surface area contributed by atoms with Crippen LogP contribution in [-0.4, -0.2) is 39.1 Å². The maximum Gasteiger partial charge on any atom is 0.152 e. The number of piperidine rings is 1. The van der Waals surface area contributed by atoms with Gasteiger partial charge in [-0.1, -0.05) is 26.0 Å². The third-order valence-electron chi connectivity index (χ3n) is 4.83. The van der Waals surface area contributed by atoms with Crippen molar-refractivity contribution in [3.63, 3.8) is 0 Å². The van der Waals surface area contributed by atoms with E-state index in [0.717, 1.165) is 24.1 Å².